The van der Waals surface area contributed by atoms with Crippen LogP contribution in [0.4, 0.5) is 11.6 Å². The van der Waals surface area contributed by atoms with Gasteiger partial charge in [0.15, 0.2) is 11.9 Å². The number of nitrogen functional groups attached to an aromatic ring is 1. The van der Waals surface area contributed by atoms with Gasteiger partial charge in [-0.2, -0.15) is 0 Å². The number of aliphatic hydroxyl groups excluding tert-OH is 1. The van der Waals surface area contributed by atoms with Crippen LogP contribution >= 0.6 is 0 Å². The van der Waals surface area contributed by atoms with Crippen molar-refractivity contribution >= 4 is 39.2 Å². The summed E-state index contributed by atoms with van der Waals surface area (Å²) in [4.78, 5) is 42.6. The summed E-state index contributed by atoms with van der Waals surface area (Å²) in [6.45, 7) is 0.433. The number of rotatable bonds is 4. The first-order valence-corrected chi connectivity index (χ1v) is 11.1. The number of anilines is 2. The summed E-state index contributed by atoms with van der Waals surface area (Å²) < 4.78 is 7.24. The molecule has 1 aliphatic heterocycles. The van der Waals surface area contributed by atoms with Gasteiger partial charge in [0.05, 0.1) is 29.7 Å². The van der Waals surface area contributed by atoms with Crippen LogP contribution < -0.4 is 16.2 Å². The van der Waals surface area contributed by atoms with Gasteiger partial charge in [-0.3, -0.25) is 19.5 Å². The van der Waals surface area contributed by atoms with Crippen molar-refractivity contribution in [3.8, 4) is 5.69 Å². The van der Waals surface area contributed by atoms with Gasteiger partial charge in [0.25, 0.3) is 11.5 Å². The SMILES string of the molecule is Nc1nccc2cc3nc(C(O)[C@H]4OCCN(c5ccn(-c6ccncc6)n5)C4=O)[nH]c(=O)c3cc12. The van der Waals surface area contributed by atoms with Crippen LogP contribution in [0.5, 0.6) is 0 Å². The number of carbonyl (C=O) groups excluding carboxylic acids is 1. The Morgan fingerprint density at radius 3 is 2.78 bits per heavy atom. The van der Waals surface area contributed by atoms with Gasteiger partial charge in [-0.1, -0.05) is 0 Å². The number of benzene rings is 1. The third-order valence-electron chi connectivity index (χ3n) is 6.11. The summed E-state index contributed by atoms with van der Waals surface area (Å²) >= 11 is 0. The standard InChI is InChI=1S/C24H20N8O4/c25-21-15-12-16-17(11-13(15)1-7-27-21)28-22(29-23(16)34)19(33)20-24(35)31(9-10-36-20)18-4-8-32(30-18)14-2-5-26-6-3-14/h1-8,11-12,19-20,33H,9-10H2,(H2,25,27)(H,28,29,34)/t19?,20-/m1/s1. The van der Waals surface area contributed by atoms with Crippen molar-refractivity contribution < 1.29 is 14.6 Å². The number of fused-ring (bicyclic) bond motifs is 2. The van der Waals surface area contributed by atoms with Crippen LogP contribution in [0.1, 0.15) is 11.9 Å². The predicted molar refractivity (Wildman–Crippen MR) is 130 cm³/mol. The van der Waals surface area contributed by atoms with Gasteiger partial charge in [-0.25, -0.2) is 14.6 Å². The molecule has 1 saturated heterocycles. The second kappa shape index (κ2) is 8.52. The van der Waals surface area contributed by atoms with Crippen molar-refractivity contribution in [2.75, 3.05) is 23.8 Å². The lowest BCUT2D eigenvalue weighted by Crippen LogP contribution is -2.50. The number of nitrogens with one attached hydrogen (secondary N) is 1. The molecule has 0 aliphatic carbocycles. The van der Waals surface area contributed by atoms with Gasteiger partial charge in [0, 0.05) is 36.2 Å². The Balaban J connectivity index is 1.31. The molecule has 12 heteroatoms. The number of aromatic amines is 1. The highest BCUT2D eigenvalue weighted by Gasteiger charge is 2.38. The number of carbonyl (C=O) groups is 1. The van der Waals surface area contributed by atoms with Gasteiger partial charge in [0.1, 0.15) is 17.7 Å². The monoisotopic (exact) mass is 484 g/mol. The number of pyridine rings is 2. The number of morpholine rings is 1. The average molecular weight is 484 g/mol. The minimum absolute atomic E-state index is 0.0728. The number of ether oxygens (including phenoxy) is 1. The predicted octanol–water partition coefficient (Wildman–Crippen LogP) is 1.10. The summed E-state index contributed by atoms with van der Waals surface area (Å²) in [6.07, 6.45) is 3.81. The molecule has 0 bridgehead atoms. The fraction of sp³-hybridized carbons (Fsp3) is 0.167. The second-order valence-corrected chi connectivity index (χ2v) is 8.29. The summed E-state index contributed by atoms with van der Waals surface area (Å²) in [5.41, 5.74) is 6.59. The van der Waals surface area contributed by atoms with E-state index in [1.807, 2.05) is 0 Å². The highest BCUT2D eigenvalue weighted by atomic mass is 16.5. The molecule has 4 aromatic heterocycles. The van der Waals surface area contributed by atoms with Crippen molar-refractivity contribution in [1.82, 2.24) is 29.7 Å². The first kappa shape index (κ1) is 21.8. The lowest BCUT2D eigenvalue weighted by molar-refractivity contribution is -0.143. The molecule has 1 fully saturated rings. The molecule has 4 N–H and O–H groups in total. The highest BCUT2D eigenvalue weighted by Crippen LogP contribution is 2.27. The zero-order chi connectivity index (χ0) is 24.8. The van der Waals surface area contributed by atoms with Crippen molar-refractivity contribution in [3.05, 3.63) is 77.4 Å². The first-order chi connectivity index (χ1) is 17.5. The zero-order valence-corrected chi connectivity index (χ0v) is 18.8. The van der Waals surface area contributed by atoms with Gasteiger partial charge >= 0.3 is 0 Å². The smallest absolute Gasteiger partial charge is 0.260 e. The molecule has 36 heavy (non-hydrogen) atoms. The maximum Gasteiger partial charge on any atom is 0.260 e. The van der Waals surface area contributed by atoms with E-state index in [1.54, 1.807) is 65.9 Å². The third kappa shape index (κ3) is 3.65. The molecular formula is C24H20N8O4. The molecule has 180 valence electrons. The van der Waals surface area contributed by atoms with E-state index in [-0.39, 0.29) is 24.4 Å². The molecule has 5 aromatic rings. The number of nitrogens with zero attached hydrogens (tertiary/aromatic N) is 6. The maximum absolute atomic E-state index is 13.3. The summed E-state index contributed by atoms with van der Waals surface area (Å²) in [7, 11) is 0. The highest BCUT2D eigenvalue weighted by molar-refractivity contribution is 6.00. The minimum atomic E-state index is -1.50. The minimum Gasteiger partial charge on any atom is -0.383 e. The molecular weight excluding hydrogens is 464 g/mol. The Bertz CT molecular complexity index is 1670. The largest absolute Gasteiger partial charge is 0.383 e. The van der Waals surface area contributed by atoms with Crippen LogP contribution in [-0.4, -0.2) is 60.0 Å². The van der Waals surface area contributed by atoms with Gasteiger partial charge < -0.3 is 20.6 Å². The molecule has 1 aliphatic rings. The number of hydrogen-bond donors (Lipinski definition) is 3. The molecule has 0 spiro atoms. The van der Waals surface area contributed by atoms with Gasteiger partial charge in [-0.05, 0) is 35.7 Å². The number of nitrogens with two attached hydrogens (primary N) is 1. The van der Waals surface area contributed by atoms with E-state index in [4.69, 9.17) is 10.5 Å². The normalized spacial score (nSPS) is 17.1. The number of aromatic nitrogens is 6. The fourth-order valence-corrected chi connectivity index (χ4v) is 4.29. The van der Waals surface area contributed by atoms with Gasteiger partial charge in [0.2, 0.25) is 0 Å². The number of hydrogen-bond acceptors (Lipinski definition) is 9. The summed E-state index contributed by atoms with van der Waals surface area (Å²) in [5, 5.41) is 17.2. The molecule has 0 saturated carbocycles. The van der Waals surface area contributed by atoms with E-state index in [9.17, 15) is 14.7 Å². The molecule has 1 aromatic carbocycles. The van der Waals surface area contributed by atoms with E-state index < -0.39 is 23.7 Å². The van der Waals surface area contributed by atoms with E-state index in [0.29, 0.717) is 22.5 Å². The lowest BCUT2D eigenvalue weighted by atomic mass is 10.1. The van der Waals surface area contributed by atoms with Crippen LogP contribution in [0.15, 0.2) is 66.0 Å². The van der Waals surface area contributed by atoms with E-state index in [0.717, 1.165) is 11.1 Å². The average Bonchev–Trinajstić information content (AvgIpc) is 3.38. The van der Waals surface area contributed by atoms with Crippen LogP contribution in [-0.2, 0) is 9.53 Å². The summed E-state index contributed by atoms with van der Waals surface area (Å²) in [6, 6.07) is 10.3. The second-order valence-electron chi connectivity index (χ2n) is 8.29. The topological polar surface area (TPSA) is 165 Å². The number of amides is 1. The Kier molecular flexibility index (Phi) is 5.16. The fourth-order valence-electron chi connectivity index (χ4n) is 4.29. The van der Waals surface area contributed by atoms with Crippen molar-refractivity contribution in [1.29, 1.82) is 0 Å². The van der Waals surface area contributed by atoms with Crippen molar-refractivity contribution in [2.24, 2.45) is 0 Å². The molecule has 6 rings (SSSR count). The first-order valence-electron chi connectivity index (χ1n) is 11.1. The van der Waals surface area contributed by atoms with Crippen LogP contribution in [0.25, 0.3) is 27.4 Å². The molecule has 2 atom stereocenters. The zero-order valence-electron chi connectivity index (χ0n) is 18.8. The van der Waals surface area contributed by atoms with Gasteiger partial charge in [-0.15, -0.1) is 5.10 Å². The molecule has 1 unspecified atom stereocenters. The molecule has 5 heterocycles. The van der Waals surface area contributed by atoms with Crippen molar-refractivity contribution in [2.45, 2.75) is 12.2 Å². The quantitative estimate of drug-likeness (QED) is 0.317. The van der Waals surface area contributed by atoms with Crippen molar-refractivity contribution in [3.63, 3.8) is 0 Å². The molecule has 0 radical (unpaired) electrons. The Hall–Kier alpha value is -4.68. The van der Waals surface area contributed by atoms with Crippen LogP contribution in [0.3, 0.4) is 0 Å². The van der Waals surface area contributed by atoms with Crippen LogP contribution in [0.2, 0.25) is 0 Å². The third-order valence-corrected chi connectivity index (χ3v) is 6.11. The lowest BCUT2D eigenvalue weighted by Gasteiger charge is -2.32. The summed E-state index contributed by atoms with van der Waals surface area (Å²) in [5.74, 6) is 0.144. The van der Waals surface area contributed by atoms with E-state index >= 15 is 0 Å². The Labute approximate surface area is 203 Å². The van der Waals surface area contributed by atoms with E-state index in [2.05, 4.69) is 25.0 Å². The Morgan fingerprint density at radius 2 is 1.94 bits per heavy atom. The molecule has 12 nitrogen and oxygen atoms in total. The number of H-pyrrole nitrogens is 1. The molecule has 1 amide bonds. The Morgan fingerprint density at radius 1 is 1.11 bits per heavy atom. The maximum atomic E-state index is 13.3. The number of aliphatic hydroxyl groups is 1. The van der Waals surface area contributed by atoms with E-state index in [1.165, 1.54) is 4.90 Å². The van der Waals surface area contributed by atoms with Crippen LogP contribution in [0, 0.1) is 0 Å².